The van der Waals surface area contributed by atoms with Gasteiger partial charge in [0.05, 0.1) is 5.69 Å². The Balaban J connectivity index is 1.65. The molecule has 2 aromatic carbocycles. The highest BCUT2D eigenvalue weighted by molar-refractivity contribution is 9.10. The number of aryl methyl sites for hydroxylation is 1. The van der Waals surface area contributed by atoms with Crippen molar-refractivity contribution in [1.82, 2.24) is 0 Å². The van der Waals surface area contributed by atoms with Gasteiger partial charge < -0.3 is 20.1 Å². The maximum Gasteiger partial charge on any atom is 0.246 e. The second-order valence-corrected chi connectivity index (χ2v) is 6.55. The van der Waals surface area contributed by atoms with Crippen LogP contribution in [0.3, 0.4) is 0 Å². The maximum absolute atomic E-state index is 12.4. The highest BCUT2D eigenvalue weighted by Crippen LogP contribution is 2.32. The minimum Gasteiger partial charge on any atom is -0.486 e. The molecule has 0 saturated carbocycles. The number of benzene rings is 2. The van der Waals surface area contributed by atoms with E-state index in [1.165, 1.54) is 0 Å². The highest BCUT2D eigenvalue weighted by atomic mass is 79.9. The van der Waals surface area contributed by atoms with Gasteiger partial charge in [-0.05, 0) is 59.6 Å². The van der Waals surface area contributed by atoms with Gasteiger partial charge in [0.2, 0.25) is 5.91 Å². The molecule has 1 heterocycles. The summed E-state index contributed by atoms with van der Waals surface area (Å²) in [5, 5.41) is 6.10. The summed E-state index contributed by atoms with van der Waals surface area (Å²) in [6.45, 7) is 4.91. The molecule has 1 amide bonds. The summed E-state index contributed by atoms with van der Waals surface area (Å²) in [5.74, 6) is 1.31. The van der Waals surface area contributed by atoms with Gasteiger partial charge in [0.15, 0.2) is 11.5 Å². The number of hydrogen-bond donors (Lipinski definition) is 2. The molecule has 0 radical (unpaired) electrons. The van der Waals surface area contributed by atoms with Crippen molar-refractivity contribution >= 4 is 33.2 Å². The minimum atomic E-state index is -0.402. The van der Waals surface area contributed by atoms with Crippen molar-refractivity contribution in [2.45, 2.75) is 19.9 Å². The van der Waals surface area contributed by atoms with Crippen molar-refractivity contribution in [3.05, 3.63) is 46.4 Å². The fourth-order valence-corrected chi connectivity index (χ4v) is 3.00. The highest BCUT2D eigenvalue weighted by Gasteiger charge is 2.16. The van der Waals surface area contributed by atoms with E-state index in [2.05, 4.69) is 26.6 Å². The Bertz CT molecular complexity index is 764. The Morgan fingerprint density at radius 3 is 2.62 bits per heavy atom. The summed E-state index contributed by atoms with van der Waals surface area (Å²) in [5.41, 5.74) is 2.69. The number of nitrogens with one attached hydrogen (secondary N) is 2. The molecular weight excluding hydrogens is 372 g/mol. The van der Waals surface area contributed by atoms with Crippen molar-refractivity contribution in [2.24, 2.45) is 0 Å². The number of carbonyl (C=O) groups excluding carboxylic acids is 1. The lowest BCUT2D eigenvalue weighted by atomic mass is 10.2. The number of rotatable bonds is 4. The molecule has 126 valence electrons. The Kier molecular flexibility index (Phi) is 4.94. The smallest absolute Gasteiger partial charge is 0.246 e. The second-order valence-electron chi connectivity index (χ2n) is 5.70. The van der Waals surface area contributed by atoms with E-state index in [0.717, 1.165) is 27.2 Å². The van der Waals surface area contributed by atoms with E-state index in [-0.39, 0.29) is 5.91 Å². The molecule has 0 spiro atoms. The second kappa shape index (κ2) is 7.13. The normalized spacial score (nSPS) is 14.0. The largest absolute Gasteiger partial charge is 0.486 e. The lowest BCUT2D eigenvalue weighted by Gasteiger charge is -2.21. The molecule has 5 nitrogen and oxygen atoms in total. The van der Waals surface area contributed by atoms with Crippen molar-refractivity contribution in [3.63, 3.8) is 0 Å². The van der Waals surface area contributed by atoms with E-state index < -0.39 is 6.04 Å². The molecule has 0 aliphatic carbocycles. The molecule has 0 aromatic heterocycles. The molecule has 3 rings (SSSR count). The number of hydrogen-bond acceptors (Lipinski definition) is 4. The van der Waals surface area contributed by atoms with Crippen LogP contribution in [0.25, 0.3) is 0 Å². The van der Waals surface area contributed by atoms with Crippen molar-refractivity contribution < 1.29 is 14.3 Å². The topological polar surface area (TPSA) is 59.6 Å². The third-order valence-electron chi connectivity index (χ3n) is 3.70. The van der Waals surface area contributed by atoms with E-state index >= 15 is 0 Å². The van der Waals surface area contributed by atoms with Gasteiger partial charge in [0.25, 0.3) is 0 Å². The zero-order valence-electron chi connectivity index (χ0n) is 13.6. The summed E-state index contributed by atoms with van der Waals surface area (Å²) in [4.78, 5) is 12.4. The van der Waals surface area contributed by atoms with E-state index in [9.17, 15) is 4.79 Å². The fourth-order valence-electron chi connectivity index (χ4n) is 2.41. The molecule has 6 heteroatoms. The molecule has 1 atom stereocenters. The average molecular weight is 391 g/mol. The van der Waals surface area contributed by atoms with Crippen LogP contribution >= 0.6 is 15.9 Å². The number of ether oxygens (including phenoxy) is 2. The van der Waals surface area contributed by atoms with Gasteiger partial charge >= 0.3 is 0 Å². The number of carbonyl (C=O) groups is 1. The standard InChI is InChI=1S/C18H19BrN2O3/c1-11-3-5-15(14(19)9-11)21-18(22)12(2)20-13-4-6-16-17(10-13)24-8-7-23-16/h3-6,9-10,12,20H,7-8H2,1-2H3,(H,21,22). The van der Waals surface area contributed by atoms with Gasteiger partial charge in [-0.25, -0.2) is 0 Å². The van der Waals surface area contributed by atoms with E-state index in [0.29, 0.717) is 19.0 Å². The Labute approximate surface area is 149 Å². The van der Waals surface area contributed by atoms with Crippen molar-refractivity contribution in [1.29, 1.82) is 0 Å². The number of amides is 1. The quantitative estimate of drug-likeness (QED) is 0.828. The molecule has 0 saturated heterocycles. The zero-order chi connectivity index (χ0) is 17.1. The van der Waals surface area contributed by atoms with E-state index in [1.54, 1.807) is 0 Å². The summed E-state index contributed by atoms with van der Waals surface area (Å²) in [7, 11) is 0. The van der Waals surface area contributed by atoms with Crippen LogP contribution in [0.5, 0.6) is 11.5 Å². The summed E-state index contributed by atoms with van der Waals surface area (Å²) < 4.78 is 11.9. The summed E-state index contributed by atoms with van der Waals surface area (Å²) in [6, 6.07) is 11.0. The lowest BCUT2D eigenvalue weighted by molar-refractivity contribution is -0.116. The van der Waals surface area contributed by atoms with Crippen LogP contribution in [0.4, 0.5) is 11.4 Å². The van der Waals surface area contributed by atoms with Gasteiger partial charge in [-0.3, -0.25) is 4.79 Å². The van der Waals surface area contributed by atoms with Crippen LogP contribution in [0.1, 0.15) is 12.5 Å². The van der Waals surface area contributed by atoms with Gasteiger partial charge in [0, 0.05) is 16.2 Å². The monoisotopic (exact) mass is 390 g/mol. The van der Waals surface area contributed by atoms with E-state index in [4.69, 9.17) is 9.47 Å². The first-order valence-electron chi connectivity index (χ1n) is 7.76. The van der Waals surface area contributed by atoms with Crippen LogP contribution in [0.15, 0.2) is 40.9 Å². The predicted octanol–water partition coefficient (Wildman–Crippen LogP) is 3.97. The average Bonchev–Trinajstić information content (AvgIpc) is 2.57. The van der Waals surface area contributed by atoms with Crippen LogP contribution in [0, 0.1) is 6.92 Å². The molecule has 1 aliphatic heterocycles. The predicted molar refractivity (Wildman–Crippen MR) is 98.0 cm³/mol. The van der Waals surface area contributed by atoms with Gasteiger partial charge in [-0.15, -0.1) is 0 Å². The van der Waals surface area contributed by atoms with Crippen LogP contribution in [-0.4, -0.2) is 25.2 Å². The van der Waals surface area contributed by atoms with Crippen molar-refractivity contribution in [2.75, 3.05) is 23.8 Å². The van der Waals surface area contributed by atoms with Crippen LogP contribution in [0.2, 0.25) is 0 Å². The molecule has 0 fully saturated rings. The molecule has 2 aromatic rings. The first kappa shape index (κ1) is 16.6. The molecule has 0 bridgehead atoms. The lowest BCUT2D eigenvalue weighted by Crippen LogP contribution is -2.32. The number of fused-ring (bicyclic) bond motifs is 1. The third-order valence-corrected chi connectivity index (χ3v) is 4.36. The van der Waals surface area contributed by atoms with Gasteiger partial charge in [-0.1, -0.05) is 6.07 Å². The van der Waals surface area contributed by atoms with Crippen LogP contribution in [-0.2, 0) is 4.79 Å². The SMILES string of the molecule is Cc1ccc(NC(=O)C(C)Nc2ccc3c(c2)OCCO3)c(Br)c1. The van der Waals surface area contributed by atoms with Gasteiger partial charge in [-0.2, -0.15) is 0 Å². The minimum absolute atomic E-state index is 0.116. The Morgan fingerprint density at radius 2 is 1.88 bits per heavy atom. The van der Waals surface area contributed by atoms with Crippen LogP contribution < -0.4 is 20.1 Å². The summed E-state index contributed by atoms with van der Waals surface area (Å²) >= 11 is 3.47. The first-order valence-corrected chi connectivity index (χ1v) is 8.55. The number of halogens is 1. The molecule has 1 aliphatic rings. The zero-order valence-corrected chi connectivity index (χ0v) is 15.1. The summed E-state index contributed by atoms with van der Waals surface area (Å²) in [6.07, 6.45) is 0. The maximum atomic E-state index is 12.4. The third kappa shape index (κ3) is 3.82. The molecule has 24 heavy (non-hydrogen) atoms. The van der Waals surface area contributed by atoms with E-state index in [1.807, 2.05) is 50.2 Å². The Hall–Kier alpha value is -2.21. The molecule has 2 N–H and O–H groups in total. The fraction of sp³-hybridized carbons (Fsp3) is 0.278. The number of anilines is 2. The first-order chi connectivity index (χ1) is 11.5. The molecular formula is C18H19BrN2O3. The Morgan fingerprint density at radius 1 is 1.12 bits per heavy atom. The van der Waals surface area contributed by atoms with Crippen molar-refractivity contribution in [3.8, 4) is 11.5 Å². The van der Waals surface area contributed by atoms with Gasteiger partial charge in [0.1, 0.15) is 19.3 Å². The molecule has 1 unspecified atom stereocenters.